The first-order valence-corrected chi connectivity index (χ1v) is 7.69. The SMILES string of the molecule is Cc1oc(NC(=O)CN2C(=O)c3ccc([N+](=O)[O-])cc3C2=O)c(C#N)c1C. The second-order valence-corrected chi connectivity index (χ2v) is 5.83. The highest BCUT2D eigenvalue weighted by Gasteiger charge is 2.38. The first-order chi connectivity index (χ1) is 12.7. The summed E-state index contributed by atoms with van der Waals surface area (Å²) < 4.78 is 5.31. The van der Waals surface area contributed by atoms with Crippen molar-refractivity contribution in [2.45, 2.75) is 13.8 Å². The van der Waals surface area contributed by atoms with E-state index in [-0.39, 0.29) is 28.3 Å². The zero-order valence-corrected chi connectivity index (χ0v) is 14.2. The minimum absolute atomic E-state index is 0.0131. The average molecular weight is 368 g/mol. The van der Waals surface area contributed by atoms with Crippen LogP contribution >= 0.6 is 0 Å². The third-order valence-electron chi connectivity index (χ3n) is 4.22. The molecule has 0 aliphatic carbocycles. The van der Waals surface area contributed by atoms with Crippen molar-refractivity contribution in [1.82, 2.24) is 4.90 Å². The van der Waals surface area contributed by atoms with Crippen LogP contribution in [0.5, 0.6) is 0 Å². The normalized spacial score (nSPS) is 12.7. The number of non-ortho nitro benzene ring substituents is 1. The Hall–Kier alpha value is -4.00. The average Bonchev–Trinajstić information content (AvgIpc) is 3.02. The Bertz CT molecular complexity index is 1060. The molecule has 3 rings (SSSR count). The minimum Gasteiger partial charge on any atom is -0.444 e. The van der Waals surface area contributed by atoms with Crippen molar-refractivity contribution < 1.29 is 23.7 Å². The van der Waals surface area contributed by atoms with Crippen molar-refractivity contribution in [3.63, 3.8) is 0 Å². The first-order valence-electron chi connectivity index (χ1n) is 7.69. The van der Waals surface area contributed by atoms with E-state index in [1.807, 2.05) is 6.07 Å². The lowest BCUT2D eigenvalue weighted by Gasteiger charge is -2.12. The molecular weight excluding hydrogens is 356 g/mol. The van der Waals surface area contributed by atoms with Gasteiger partial charge in [0.2, 0.25) is 11.8 Å². The quantitative estimate of drug-likeness (QED) is 0.492. The van der Waals surface area contributed by atoms with Gasteiger partial charge in [-0.15, -0.1) is 0 Å². The van der Waals surface area contributed by atoms with E-state index >= 15 is 0 Å². The number of nitro benzene ring substituents is 1. The highest BCUT2D eigenvalue weighted by molar-refractivity contribution is 6.23. The van der Waals surface area contributed by atoms with Crippen molar-refractivity contribution >= 4 is 29.3 Å². The molecule has 10 nitrogen and oxygen atoms in total. The fraction of sp³-hybridized carbons (Fsp3) is 0.176. The predicted molar refractivity (Wildman–Crippen MR) is 90.0 cm³/mol. The van der Waals surface area contributed by atoms with E-state index in [0.717, 1.165) is 12.1 Å². The van der Waals surface area contributed by atoms with Gasteiger partial charge in [-0.05, 0) is 19.9 Å². The third-order valence-corrected chi connectivity index (χ3v) is 4.22. The van der Waals surface area contributed by atoms with Gasteiger partial charge in [0.15, 0.2) is 0 Å². The molecule has 1 N–H and O–H groups in total. The van der Waals surface area contributed by atoms with Crippen LogP contribution in [0.3, 0.4) is 0 Å². The summed E-state index contributed by atoms with van der Waals surface area (Å²) in [6, 6.07) is 5.20. The maximum atomic E-state index is 12.4. The summed E-state index contributed by atoms with van der Waals surface area (Å²) in [5.41, 5.74) is 0.242. The number of nitrogens with one attached hydrogen (secondary N) is 1. The number of furan rings is 1. The largest absolute Gasteiger partial charge is 0.444 e. The van der Waals surface area contributed by atoms with Crippen LogP contribution in [-0.2, 0) is 4.79 Å². The van der Waals surface area contributed by atoms with Crippen LogP contribution in [0.2, 0.25) is 0 Å². The Balaban J connectivity index is 1.80. The molecule has 136 valence electrons. The summed E-state index contributed by atoms with van der Waals surface area (Å²) in [5.74, 6) is -1.89. The van der Waals surface area contributed by atoms with Crippen molar-refractivity contribution in [1.29, 1.82) is 5.26 Å². The Morgan fingerprint density at radius 3 is 2.59 bits per heavy atom. The number of hydrogen-bond donors (Lipinski definition) is 1. The first kappa shape index (κ1) is 17.8. The number of nitro groups is 1. The number of hydrogen-bond acceptors (Lipinski definition) is 7. The molecule has 0 unspecified atom stereocenters. The van der Waals surface area contributed by atoms with Gasteiger partial charge < -0.3 is 4.42 Å². The molecule has 27 heavy (non-hydrogen) atoms. The molecule has 0 fully saturated rings. The third kappa shape index (κ3) is 2.91. The van der Waals surface area contributed by atoms with Gasteiger partial charge in [0.25, 0.3) is 17.5 Å². The topological polar surface area (TPSA) is 147 Å². The van der Waals surface area contributed by atoms with Crippen molar-refractivity contribution in [2.24, 2.45) is 0 Å². The van der Waals surface area contributed by atoms with Gasteiger partial charge in [0, 0.05) is 17.7 Å². The number of fused-ring (bicyclic) bond motifs is 1. The number of imide groups is 1. The molecule has 1 aromatic heterocycles. The maximum Gasteiger partial charge on any atom is 0.270 e. The van der Waals surface area contributed by atoms with E-state index < -0.39 is 29.2 Å². The minimum atomic E-state index is -0.804. The highest BCUT2D eigenvalue weighted by Crippen LogP contribution is 2.28. The summed E-state index contributed by atoms with van der Waals surface area (Å²) in [4.78, 5) is 47.8. The zero-order chi connectivity index (χ0) is 19.9. The molecule has 3 amide bonds. The monoisotopic (exact) mass is 368 g/mol. The second kappa shape index (κ2) is 6.38. The van der Waals surface area contributed by atoms with E-state index in [1.165, 1.54) is 6.07 Å². The number of nitriles is 1. The smallest absolute Gasteiger partial charge is 0.270 e. The van der Waals surface area contributed by atoms with Gasteiger partial charge in [-0.2, -0.15) is 5.26 Å². The number of amides is 3. The van der Waals surface area contributed by atoms with Crippen LogP contribution in [0.15, 0.2) is 22.6 Å². The predicted octanol–water partition coefficient (Wildman–Crippen LogP) is 1.91. The standard InChI is InChI=1S/C17H12N4O6/c1-8-9(2)27-15(13(8)6-18)19-14(22)7-20-16(23)11-4-3-10(21(25)26)5-12(11)17(20)24/h3-5H,7H2,1-2H3,(H,19,22). The van der Waals surface area contributed by atoms with Crippen LogP contribution in [0, 0.1) is 35.3 Å². The molecule has 1 aliphatic heterocycles. The molecule has 2 heterocycles. The van der Waals surface area contributed by atoms with E-state index in [2.05, 4.69) is 5.32 Å². The van der Waals surface area contributed by atoms with Crippen LogP contribution < -0.4 is 5.32 Å². The van der Waals surface area contributed by atoms with Crippen LogP contribution in [0.4, 0.5) is 11.6 Å². The zero-order valence-electron chi connectivity index (χ0n) is 14.2. The fourth-order valence-corrected chi connectivity index (χ4v) is 2.70. The summed E-state index contributed by atoms with van der Waals surface area (Å²) in [6.45, 7) is 2.66. The Kier molecular flexibility index (Phi) is 4.21. The number of carbonyl (C=O) groups excluding carboxylic acids is 3. The van der Waals surface area contributed by atoms with Gasteiger partial charge >= 0.3 is 0 Å². The lowest BCUT2D eigenvalue weighted by molar-refractivity contribution is -0.384. The summed E-state index contributed by atoms with van der Waals surface area (Å²) in [6.07, 6.45) is 0. The molecule has 0 radical (unpaired) electrons. The Labute approximate surface area is 152 Å². The molecule has 0 saturated carbocycles. The number of anilines is 1. The molecule has 1 aromatic carbocycles. The molecule has 10 heteroatoms. The summed E-state index contributed by atoms with van der Waals surface area (Å²) in [5, 5.41) is 22.3. The molecule has 2 aromatic rings. The van der Waals surface area contributed by atoms with Gasteiger partial charge in [0.05, 0.1) is 16.1 Å². The Morgan fingerprint density at radius 1 is 1.30 bits per heavy atom. The van der Waals surface area contributed by atoms with Gasteiger partial charge in [-0.3, -0.25) is 34.7 Å². The van der Waals surface area contributed by atoms with Crippen LogP contribution in [-0.4, -0.2) is 34.1 Å². The van der Waals surface area contributed by atoms with Crippen LogP contribution in [0.25, 0.3) is 0 Å². The number of nitrogens with zero attached hydrogens (tertiary/aromatic N) is 3. The van der Waals surface area contributed by atoms with Crippen molar-refractivity contribution in [2.75, 3.05) is 11.9 Å². The second-order valence-electron chi connectivity index (χ2n) is 5.83. The molecule has 1 aliphatic rings. The van der Waals surface area contributed by atoms with Crippen LogP contribution in [0.1, 0.15) is 37.6 Å². The molecule has 0 spiro atoms. The fourth-order valence-electron chi connectivity index (χ4n) is 2.70. The van der Waals surface area contributed by atoms with E-state index in [9.17, 15) is 24.5 Å². The van der Waals surface area contributed by atoms with Gasteiger partial charge in [0.1, 0.15) is 23.9 Å². The van der Waals surface area contributed by atoms with Crippen molar-refractivity contribution in [3.05, 3.63) is 56.3 Å². The molecular formula is C17H12N4O6. The summed E-state index contributed by atoms with van der Waals surface area (Å²) >= 11 is 0. The van der Waals surface area contributed by atoms with Gasteiger partial charge in [-0.25, -0.2) is 0 Å². The molecule has 0 saturated heterocycles. The lowest BCUT2D eigenvalue weighted by atomic mass is 10.1. The molecule has 0 atom stereocenters. The maximum absolute atomic E-state index is 12.4. The van der Waals surface area contributed by atoms with Crippen molar-refractivity contribution in [3.8, 4) is 6.07 Å². The van der Waals surface area contributed by atoms with E-state index in [4.69, 9.17) is 9.68 Å². The van der Waals surface area contributed by atoms with Gasteiger partial charge in [-0.1, -0.05) is 0 Å². The highest BCUT2D eigenvalue weighted by atomic mass is 16.6. The Morgan fingerprint density at radius 2 is 1.96 bits per heavy atom. The number of benzene rings is 1. The van der Waals surface area contributed by atoms with E-state index in [0.29, 0.717) is 16.2 Å². The molecule has 0 bridgehead atoms. The summed E-state index contributed by atoms with van der Waals surface area (Å²) in [7, 11) is 0. The number of rotatable bonds is 4. The number of aryl methyl sites for hydroxylation is 1. The lowest BCUT2D eigenvalue weighted by Crippen LogP contribution is -2.37. The van der Waals surface area contributed by atoms with E-state index in [1.54, 1.807) is 13.8 Å². The number of carbonyl (C=O) groups is 3.